The molecule has 10 nitrogen and oxygen atoms in total. The van der Waals surface area contributed by atoms with E-state index in [0.717, 1.165) is 16.7 Å². The summed E-state index contributed by atoms with van der Waals surface area (Å²) in [6.45, 7) is 2.14. The lowest BCUT2D eigenvalue weighted by Crippen LogP contribution is -2.47. The largest absolute Gasteiger partial charge is 0.434 e. The molecule has 1 aliphatic heterocycles. The predicted octanol–water partition coefficient (Wildman–Crippen LogP) is 5.48. The van der Waals surface area contributed by atoms with Gasteiger partial charge in [0.15, 0.2) is 11.9 Å². The Kier molecular flexibility index (Phi) is 10.1. The topological polar surface area (TPSA) is 117 Å². The van der Waals surface area contributed by atoms with E-state index >= 15 is 4.39 Å². The van der Waals surface area contributed by atoms with Crippen LogP contribution in [0.25, 0.3) is 6.08 Å². The minimum atomic E-state index is -1.68. The Bertz CT molecular complexity index is 1700. The van der Waals surface area contributed by atoms with Gasteiger partial charge in [-0.2, -0.15) is 10.4 Å². The molecule has 14 heteroatoms. The minimum absolute atomic E-state index is 0.0446. The summed E-state index contributed by atoms with van der Waals surface area (Å²) < 4.78 is 63.9. The predicted molar refractivity (Wildman–Crippen MR) is 158 cm³/mol. The highest BCUT2D eigenvalue weighted by Crippen LogP contribution is 2.42. The highest BCUT2D eigenvalue weighted by Gasteiger charge is 2.47. The first-order chi connectivity index (χ1) is 21.8. The zero-order valence-electron chi connectivity index (χ0n) is 23.9. The molecule has 0 unspecified atom stereocenters. The van der Waals surface area contributed by atoms with Gasteiger partial charge in [-0.05, 0) is 37.3 Å². The molecule has 0 N–H and O–H groups in total. The van der Waals surface area contributed by atoms with Gasteiger partial charge in [0.25, 0.3) is 0 Å². The van der Waals surface area contributed by atoms with Gasteiger partial charge < -0.3 is 14.2 Å². The van der Waals surface area contributed by atoms with Crippen molar-refractivity contribution in [1.82, 2.24) is 24.3 Å². The number of carbonyl (C=O) groups is 1. The van der Waals surface area contributed by atoms with Crippen molar-refractivity contribution < 1.29 is 32.2 Å². The van der Waals surface area contributed by atoms with Gasteiger partial charge in [-0.25, -0.2) is 37.2 Å². The third-order valence-corrected chi connectivity index (χ3v) is 8.41. The second kappa shape index (κ2) is 14.4. The summed E-state index contributed by atoms with van der Waals surface area (Å²) in [4.78, 5) is 21.1. The van der Waals surface area contributed by atoms with E-state index in [4.69, 9.17) is 19.5 Å². The minimum Gasteiger partial charge on any atom is -0.434 e. The van der Waals surface area contributed by atoms with Crippen molar-refractivity contribution in [3.8, 4) is 6.07 Å². The number of ether oxygens (including phenoxy) is 3. The normalized spacial score (nSPS) is 18.9. The van der Waals surface area contributed by atoms with Gasteiger partial charge in [0.05, 0.1) is 36.6 Å². The number of carbonyl (C=O) groups excluding carboxylic acids is 1. The lowest BCUT2D eigenvalue weighted by molar-refractivity contribution is -0.146. The van der Waals surface area contributed by atoms with Gasteiger partial charge in [0.1, 0.15) is 36.4 Å². The number of allylic oxidation sites excluding steroid dienone is 2. The molecule has 4 aromatic rings. The molecule has 0 amide bonds. The SMILES string of the molecule is C[C@@H](S[C@H]1CO[C@H](/C=C/C=C/c2ccc(C#N)cc2F)OC1)[C@@](Cn1cncn1)(OC(=O)n1ccnc1)c1ccc(F)cc1F. The van der Waals surface area contributed by atoms with E-state index in [1.54, 1.807) is 31.2 Å². The number of imidazole rings is 1. The maximum atomic E-state index is 15.5. The third-order valence-electron chi connectivity index (χ3n) is 6.97. The Balaban J connectivity index is 1.31. The average molecular weight is 637 g/mol. The number of aromatic nitrogens is 5. The monoisotopic (exact) mass is 636 g/mol. The first-order valence-corrected chi connectivity index (χ1v) is 14.6. The zero-order valence-corrected chi connectivity index (χ0v) is 24.7. The molecule has 0 radical (unpaired) electrons. The third kappa shape index (κ3) is 7.69. The van der Waals surface area contributed by atoms with E-state index in [0.29, 0.717) is 5.56 Å². The van der Waals surface area contributed by atoms with E-state index in [1.807, 2.05) is 6.07 Å². The summed E-state index contributed by atoms with van der Waals surface area (Å²) in [7, 11) is 0. The molecule has 2 aromatic carbocycles. The van der Waals surface area contributed by atoms with Crippen LogP contribution in [0, 0.1) is 28.8 Å². The average Bonchev–Trinajstić information content (AvgIpc) is 3.75. The van der Waals surface area contributed by atoms with E-state index in [1.165, 1.54) is 72.1 Å². The maximum absolute atomic E-state index is 15.5. The molecule has 45 heavy (non-hydrogen) atoms. The van der Waals surface area contributed by atoms with Crippen molar-refractivity contribution in [2.24, 2.45) is 0 Å². The van der Waals surface area contributed by atoms with E-state index < -0.39 is 40.7 Å². The molecule has 1 saturated heterocycles. The van der Waals surface area contributed by atoms with Crippen molar-refractivity contribution in [3.63, 3.8) is 0 Å². The molecule has 0 spiro atoms. The molecule has 3 heterocycles. The molecule has 232 valence electrons. The Hall–Kier alpha value is -4.71. The zero-order chi connectivity index (χ0) is 31.8. The first kappa shape index (κ1) is 31.7. The van der Waals surface area contributed by atoms with Crippen LogP contribution < -0.4 is 0 Å². The molecule has 2 aromatic heterocycles. The van der Waals surface area contributed by atoms with Crippen LogP contribution >= 0.6 is 11.8 Å². The smallest absolute Gasteiger partial charge is 0.420 e. The van der Waals surface area contributed by atoms with Crippen molar-refractivity contribution in [3.05, 3.63) is 120 Å². The van der Waals surface area contributed by atoms with Gasteiger partial charge in [0, 0.05) is 34.8 Å². The highest BCUT2D eigenvalue weighted by atomic mass is 32.2. The Morgan fingerprint density at radius 3 is 2.64 bits per heavy atom. The van der Waals surface area contributed by atoms with Crippen molar-refractivity contribution >= 4 is 23.9 Å². The number of benzene rings is 2. The maximum Gasteiger partial charge on any atom is 0.420 e. The van der Waals surface area contributed by atoms with E-state index in [2.05, 4.69) is 15.1 Å². The second-order valence-electron chi connectivity index (χ2n) is 9.97. The molecule has 1 fully saturated rings. The number of hydrogen-bond acceptors (Lipinski definition) is 9. The molecule has 1 aliphatic rings. The number of rotatable bonds is 10. The molecule has 2 atom stereocenters. The van der Waals surface area contributed by atoms with Gasteiger partial charge in [-0.1, -0.05) is 24.3 Å². The molecule has 0 saturated carbocycles. The van der Waals surface area contributed by atoms with Crippen LogP contribution in [-0.2, 0) is 26.4 Å². The lowest BCUT2D eigenvalue weighted by Gasteiger charge is -2.40. The fourth-order valence-electron chi connectivity index (χ4n) is 4.70. The fraction of sp³-hybridized carbons (Fsp3) is 0.258. The van der Waals surface area contributed by atoms with E-state index in [9.17, 15) is 13.6 Å². The molecule has 5 rings (SSSR count). The van der Waals surface area contributed by atoms with Crippen LogP contribution in [0.2, 0.25) is 0 Å². The van der Waals surface area contributed by atoms with Crippen LogP contribution in [0.15, 0.2) is 86.0 Å². The summed E-state index contributed by atoms with van der Waals surface area (Å²) in [6, 6.07) is 9.20. The van der Waals surface area contributed by atoms with Crippen LogP contribution in [0.1, 0.15) is 23.6 Å². The first-order valence-electron chi connectivity index (χ1n) is 13.7. The number of thioether (sulfide) groups is 1. The summed E-state index contributed by atoms with van der Waals surface area (Å²) in [5, 5.41) is 12.1. The summed E-state index contributed by atoms with van der Waals surface area (Å²) in [5.74, 6) is -2.18. The lowest BCUT2D eigenvalue weighted by atomic mass is 9.89. The van der Waals surface area contributed by atoms with Gasteiger partial charge in [0.2, 0.25) is 0 Å². The van der Waals surface area contributed by atoms with Gasteiger partial charge in [-0.15, -0.1) is 11.8 Å². The van der Waals surface area contributed by atoms with Crippen LogP contribution in [0.3, 0.4) is 0 Å². The van der Waals surface area contributed by atoms with Crippen LogP contribution in [-0.4, -0.2) is 60.4 Å². The summed E-state index contributed by atoms with van der Waals surface area (Å²) in [5.41, 5.74) is -1.16. The Labute approximate surface area is 260 Å². The van der Waals surface area contributed by atoms with Crippen LogP contribution in [0.5, 0.6) is 0 Å². The summed E-state index contributed by atoms with van der Waals surface area (Å²) in [6.07, 6.45) is 11.8. The van der Waals surface area contributed by atoms with E-state index in [-0.39, 0.29) is 36.1 Å². The van der Waals surface area contributed by atoms with Crippen molar-refractivity contribution in [2.75, 3.05) is 13.2 Å². The summed E-state index contributed by atoms with van der Waals surface area (Å²) >= 11 is 1.35. The Morgan fingerprint density at radius 2 is 1.98 bits per heavy atom. The highest BCUT2D eigenvalue weighted by molar-refractivity contribution is 8.00. The standard InChI is InChI=1S/C31H27F3N6O4S/c1-21(45-25-15-42-29(43-16-25)5-3-2-4-23-7-6-22(14-35)12-27(23)33)31(17-40-20-37-18-38-40,26-9-8-24(32)13-28(26)34)44-30(41)39-11-10-36-19-39/h2-13,18-21,25,29H,15-17H2,1H3/b4-2+,5-3+/t21-,25-,29-,31-/m1/s1. The number of nitriles is 1. The van der Waals surface area contributed by atoms with Crippen molar-refractivity contribution in [2.45, 2.75) is 35.9 Å². The molecular formula is C31H27F3N6O4S. The number of nitrogens with zero attached hydrogens (tertiary/aromatic N) is 6. The number of halogens is 3. The fourth-order valence-corrected chi connectivity index (χ4v) is 6.06. The molecular weight excluding hydrogens is 609 g/mol. The van der Waals surface area contributed by atoms with Gasteiger partial charge in [-0.3, -0.25) is 0 Å². The van der Waals surface area contributed by atoms with Crippen molar-refractivity contribution in [1.29, 1.82) is 5.26 Å². The second-order valence-corrected chi connectivity index (χ2v) is 11.6. The Morgan fingerprint density at radius 1 is 1.16 bits per heavy atom. The van der Waals surface area contributed by atoms with Gasteiger partial charge >= 0.3 is 6.09 Å². The molecule has 0 bridgehead atoms. The quantitative estimate of drug-likeness (QED) is 0.209. The number of hydrogen-bond donors (Lipinski definition) is 0. The van der Waals surface area contributed by atoms with Crippen LogP contribution in [0.4, 0.5) is 18.0 Å². The molecule has 0 aliphatic carbocycles.